The van der Waals surface area contributed by atoms with E-state index in [1.165, 1.54) is 18.0 Å². The number of halogens is 3. The van der Waals surface area contributed by atoms with Crippen molar-refractivity contribution in [1.29, 1.82) is 0 Å². The Hall–Kier alpha value is -1.24. The summed E-state index contributed by atoms with van der Waals surface area (Å²) in [7, 11) is 0. The molecule has 92 valence electrons. The van der Waals surface area contributed by atoms with Gasteiger partial charge in [-0.2, -0.15) is 13.2 Å². The van der Waals surface area contributed by atoms with Crippen LogP contribution >= 0.6 is 11.8 Å². The van der Waals surface area contributed by atoms with Crippen molar-refractivity contribution >= 4 is 23.4 Å². The van der Waals surface area contributed by atoms with Gasteiger partial charge in [0.25, 0.3) is 0 Å². The predicted molar refractivity (Wildman–Crippen MR) is 58.0 cm³/mol. The fraction of sp³-hybridized carbons (Fsp3) is 0.400. The lowest BCUT2D eigenvalue weighted by atomic mass is 10.3. The topological polar surface area (TPSA) is 33.2 Å². The average Bonchev–Trinajstić information content (AvgIpc) is 2.26. The molecule has 0 saturated carbocycles. The van der Waals surface area contributed by atoms with Gasteiger partial charge in [0, 0.05) is 23.4 Å². The van der Waals surface area contributed by atoms with Crippen LogP contribution in [0.5, 0.6) is 0 Å². The Morgan fingerprint density at radius 2 is 2.29 bits per heavy atom. The molecule has 1 amide bonds. The monoisotopic (exact) mass is 262 g/mol. The van der Waals surface area contributed by atoms with E-state index in [0.29, 0.717) is 11.4 Å². The fourth-order valence-corrected chi connectivity index (χ4v) is 2.55. The third-order valence-corrected chi connectivity index (χ3v) is 3.32. The molecule has 1 aliphatic rings. The van der Waals surface area contributed by atoms with Crippen LogP contribution in [0.2, 0.25) is 0 Å². The molecule has 2 heterocycles. The first-order valence-electron chi connectivity index (χ1n) is 4.91. The summed E-state index contributed by atoms with van der Waals surface area (Å²) in [5, 5.41) is 0. The van der Waals surface area contributed by atoms with E-state index >= 15 is 0 Å². The van der Waals surface area contributed by atoms with E-state index in [4.69, 9.17) is 0 Å². The van der Waals surface area contributed by atoms with Crippen LogP contribution in [0.15, 0.2) is 23.4 Å². The lowest BCUT2D eigenvalue weighted by Gasteiger charge is -2.28. The number of rotatable bonds is 1. The summed E-state index contributed by atoms with van der Waals surface area (Å²) < 4.78 is 36.5. The first kappa shape index (κ1) is 12.2. The van der Waals surface area contributed by atoms with E-state index in [9.17, 15) is 18.0 Å². The Morgan fingerprint density at radius 1 is 1.53 bits per heavy atom. The molecular formula is C10H9F3N2OS. The minimum absolute atomic E-state index is 0.290. The second kappa shape index (κ2) is 4.56. The van der Waals surface area contributed by atoms with Crippen molar-refractivity contribution in [2.45, 2.75) is 17.5 Å². The fourth-order valence-electron chi connectivity index (χ4n) is 1.59. The maximum Gasteiger partial charge on any atom is 0.397 e. The summed E-state index contributed by atoms with van der Waals surface area (Å²) in [6, 6.07) is 1.70. The number of carbonyl (C=O) groups excluding carboxylic acids is 1. The number of thioether (sulfide) groups is 1. The molecule has 0 saturated heterocycles. The molecule has 0 aliphatic carbocycles. The maximum atomic E-state index is 12.2. The van der Waals surface area contributed by atoms with Crippen LogP contribution in [-0.4, -0.2) is 29.4 Å². The summed E-state index contributed by atoms with van der Waals surface area (Å²) in [5.74, 6) is -0.326. The maximum absolute atomic E-state index is 12.2. The van der Waals surface area contributed by atoms with Gasteiger partial charge in [0.05, 0.1) is 11.9 Å². The minimum atomic E-state index is -4.47. The van der Waals surface area contributed by atoms with E-state index in [1.54, 1.807) is 12.3 Å². The van der Waals surface area contributed by atoms with Gasteiger partial charge in [-0.25, -0.2) is 0 Å². The summed E-state index contributed by atoms with van der Waals surface area (Å²) in [4.78, 5) is 17.3. The van der Waals surface area contributed by atoms with Gasteiger partial charge >= 0.3 is 6.18 Å². The molecule has 1 aliphatic heterocycles. The highest BCUT2D eigenvalue weighted by molar-refractivity contribution is 7.99. The molecule has 0 unspecified atom stereocenters. The van der Waals surface area contributed by atoms with Gasteiger partial charge < -0.3 is 4.90 Å². The second-order valence-electron chi connectivity index (χ2n) is 3.53. The molecule has 1 aromatic rings. The van der Waals surface area contributed by atoms with E-state index in [2.05, 4.69) is 4.98 Å². The van der Waals surface area contributed by atoms with Crippen molar-refractivity contribution in [3.63, 3.8) is 0 Å². The molecule has 0 radical (unpaired) electrons. The summed E-state index contributed by atoms with van der Waals surface area (Å²) >= 11 is 1.51. The quantitative estimate of drug-likeness (QED) is 0.779. The van der Waals surface area contributed by atoms with Crippen molar-refractivity contribution in [1.82, 2.24) is 4.98 Å². The normalized spacial score (nSPS) is 15.6. The lowest BCUT2D eigenvalue weighted by Crippen LogP contribution is -2.37. The molecule has 0 bridgehead atoms. The third kappa shape index (κ3) is 2.91. The predicted octanol–water partition coefficient (Wildman–Crippen LogP) is 2.47. The Balaban J connectivity index is 2.21. The van der Waals surface area contributed by atoms with Crippen molar-refractivity contribution in [2.75, 3.05) is 17.2 Å². The van der Waals surface area contributed by atoms with Gasteiger partial charge in [0.15, 0.2) is 0 Å². The highest BCUT2D eigenvalue weighted by Crippen LogP contribution is 2.34. The number of carbonyl (C=O) groups is 1. The Bertz CT molecular complexity index is 436. The SMILES string of the molecule is O=C(CC(F)(F)F)N1CCSc2ccncc21. The van der Waals surface area contributed by atoms with Crippen molar-refractivity contribution in [3.05, 3.63) is 18.5 Å². The summed E-state index contributed by atoms with van der Waals surface area (Å²) in [6.07, 6.45) is -2.91. The van der Waals surface area contributed by atoms with Crippen molar-refractivity contribution < 1.29 is 18.0 Å². The first-order valence-corrected chi connectivity index (χ1v) is 5.90. The lowest BCUT2D eigenvalue weighted by molar-refractivity contribution is -0.151. The van der Waals surface area contributed by atoms with Gasteiger partial charge in [0.1, 0.15) is 6.42 Å². The van der Waals surface area contributed by atoms with Gasteiger partial charge in [0.2, 0.25) is 5.91 Å². The number of nitrogens with zero attached hydrogens (tertiary/aromatic N) is 2. The molecular weight excluding hydrogens is 253 g/mol. The zero-order chi connectivity index (χ0) is 12.5. The van der Waals surface area contributed by atoms with Gasteiger partial charge in [-0.05, 0) is 6.07 Å². The molecule has 3 nitrogen and oxygen atoms in total. The molecule has 0 N–H and O–H groups in total. The molecule has 0 fully saturated rings. The average molecular weight is 262 g/mol. The van der Waals surface area contributed by atoms with E-state index in [-0.39, 0.29) is 6.54 Å². The molecule has 0 atom stereocenters. The molecule has 7 heteroatoms. The zero-order valence-corrected chi connectivity index (χ0v) is 9.51. The minimum Gasteiger partial charge on any atom is -0.309 e. The highest BCUT2D eigenvalue weighted by atomic mass is 32.2. The molecule has 1 aromatic heterocycles. The van der Waals surface area contributed by atoms with E-state index in [0.717, 1.165) is 9.80 Å². The number of hydrogen-bond donors (Lipinski definition) is 0. The van der Waals surface area contributed by atoms with Crippen LogP contribution < -0.4 is 4.90 Å². The Morgan fingerprint density at radius 3 is 3.00 bits per heavy atom. The van der Waals surface area contributed by atoms with Gasteiger partial charge in [-0.15, -0.1) is 11.8 Å². The van der Waals surface area contributed by atoms with Crippen LogP contribution in [-0.2, 0) is 4.79 Å². The standard InChI is InChI=1S/C10H9F3N2OS/c11-10(12,13)5-9(16)15-3-4-17-8-1-2-14-6-7(8)15/h1-2,6H,3-5H2. The van der Waals surface area contributed by atoms with Crippen LogP contribution in [0.25, 0.3) is 0 Å². The summed E-state index contributed by atoms with van der Waals surface area (Å²) in [5.41, 5.74) is 0.470. The van der Waals surface area contributed by atoms with Crippen molar-refractivity contribution in [2.24, 2.45) is 0 Å². The number of hydrogen-bond acceptors (Lipinski definition) is 3. The van der Waals surface area contributed by atoms with Crippen LogP contribution in [0, 0.1) is 0 Å². The zero-order valence-electron chi connectivity index (χ0n) is 8.70. The molecule has 0 aromatic carbocycles. The molecule has 2 rings (SSSR count). The number of pyridine rings is 1. The molecule has 0 spiro atoms. The molecule has 17 heavy (non-hydrogen) atoms. The number of anilines is 1. The Labute approximate surface area is 100 Å². The van der Waals surface area contributed by atoms with Gasteiger partial charge in [-0.1, -0.05) is 0 Å². The smallest absolute Gasteiger partial charge is 0.309 e. The third-order valence-electron chi connectivity index (χ3n) is 2.28. The number of amides is 1. The van der Waals surface area contributed by atoms with Gasteiger partial charge in [-0.3, -0.25) is 9.78 Å². The highest BCUT2D eigenvalue weighted by Gasteiger charge is 2.35. The van der Waals surface area contributed by atoms with Crippen LogP contribution in [0.4, 0.5) is 18.9 Å². The van der Waals surface area contributed by atoms with Crippen molar-refractivity contribution in [3.8, 4) is 0 Å². The largest absolute Gasteiger partial charge is 0.397 e. The summed E-state index contributed by atoms with van der Waals surface area (Å²) in [6.45, 7) is 0.290. The number of fused-ring (bicyclic) bond motifs is 1. The Kier molecular flexibility index (Phi) is 3.28. The number of alkyl halides is 3. The van der Waals surface area contributed by atoms with Crippen LogP contribution in [0.1, 0.15) is 6.42 Å². The van der Waals surface area contributed by atoms with Crippen LogP contribution in [0.3, 0.4) is 0 Å². The van der Waals surface area contributed by atoms with E-state index in [1.807, 2.05) is 0 Å². The second-order valence-corrected chi connectivity index (χ2v) is 4.67. The number of aromatic nitrogens is 1. The van der Waals surface area contributed by atoms with E-state index < -0.39 is 18.5 Å². The first-order chi connectivity index (χ1) is 7.97.